The molecule has 2 amide bonds. The Labute approximate surface area is 179 Å². The molecule has 0 fully saturated rings. The molecule has 3 N–H and O–H groups in total. The first kappa shape index (κ1) is 21.8. The maximum absolute atomic E-state index is 12.4. The predicted molar refractivity (Wildman–Crippen MR) is 116 cm³/mol. The van der Waals surface area contributed by atoms with Crippen LogP contribution in [-0.4, -0.2) is 32.6 Å². The highest BCUT2D eigenvalue weighted by Gasteiger charge is 2.15. The Morgan fingerprint density at radius 3 is 2.58 bits per heavy atom. The van der Waals surface area contributed by atoms with Crippen LogP contribution in [0.3, 0.4) is 0 Å². The number of nitrogens with one attached hydrogen (secondary N) is 1. The first-order valence-electron chi connectivity index (χ1n) is 9.55. The van der Waals surface area contributed by atoms with E-state index in [-0.39, 0.29) is 18.6 Å². The number of primary amides is 1. The number of hydrogen-bond donors (Lipinski definition) is 2. The fourth-order valence-electron chi connectivity index (χ4n) is 2.99. The van der Waals surface area contributed by atoms with Gasteiger partial charge in [-0.25, -0.2) is 0 Å². The van der Waals surface area contributed by atoms with Gasteiger partial charge >= 0.3 is 0 Å². The van der Waals surface area contributed by atoms with Gasteiger partial charge in [0.1, 0.15) is 5.76 Å². The van der Waals surface area contributed by atoms with Crippen LogP contribution in [0.1, 0.15) is 24.3 Å². The Hall–Kier alpha value is -3.94. The molecule has 162 valence electrons. The van der Waals surface area contributed by atoms with Crippen LogP contribution in [0, 0.1) is 0 Å². The molecular weight excluding hydrogens is 400 g/mol. The van der Waals surface area contributed by atoms with Crippen molar-refractivity contribution in [2.75, 3.05) is 20.8 Å². The van der Waals surface area contributed by atoms with Crippen molar-refractivity contribution < 1.29 is 28.2 Å². The smallest absolute Gasteiger partial charge is 0.255 e. The Bertz CT molecular complexity index is 1120. The zero-order valence-corrected chi connectivity index (χ0v) is 17.5. The summed E-state index contributed by atoms with van der Waals surface area (Å²) in [6.07, 6.45) is 3.06. The van der Waals surface area contributed by atoms with E-state index in [4.69, 9.17) is 24.4 Å². The van der Waals surface area contributed by atoms with Gasteiger partial charge in [0.15, 0.2) is 29.4 Å². The Kier molecular flexibility index (Phi) is 6.81. The van der Waals surface area contributed by atoms with E-state index in [0.717, 1.165) is 10.9 Å². The van der Waals surface area contributed by atoms with Crippen molar-refractivity contribution in [1.29, 1.82) is 0 Å². The molecule has 1 heterocycles. The van der Waals surface area contributed by atoms with Gasteiger partial charge < -0.3 is 29.7 Å². The highest BCUT2D eigenvalue weighted by atomic mass is 16.5. The highest BCUT2D eigenvalue weighted by Crippen LogP contribution is 2.31. The highest BCUT2D eigenvalue weighted by molar-refractivity contribution is 5.92. The van der Waals surface area contributed by atoms with Gasteiger partial charge in [0.25, 0.3) is 5.91 Å². The molecule has 3 rings (SSSR count). The van der Waals surface area contributed by atoms with Crippen molar-refractivity contribution in [3.63, 3.8) is 0 Å². The molecule has 0 saturated carbocycles. The number of amides is 2. The third-order valence-electron chi connectivity index (χ3n) is 4.52. The zero-order chi connectivity index (χ0) is 22.4. The van der Waals surface area contributed by atoms with E-state index in [1.54, 1.807) is 31.4 Å². The van der Waals surface area contributed by atoms with E-state index in [1.807, 2.05) is 31.2 Å². The monoisotopic (exact) mass is 424 g/mol. The minimum Gasteiger partial charge on any atom is -0.493 e. The molecular formula is C23H24N2O6. The van der Waals surface area contributed by atoms with E-state index >= 15 is 0 Å². The van der Waals surface area contributed by atoms with Crippen LogP contribution in [0.25, 0.3) is 17.0 Å². The van der Waals surface area contributed by atoms with Crippen molar-refractivity contribution >= 4 is 28.9 Å². The Morgan fingerprint density at radius 2 is 1.87 bits per heavy atom. The SMILES string of the molecule is COc1cc(/C=C/C(=O)NC(C)c2cc3cccc(OC)c3o2)ccc1OCC(N)=O. The first-order chi connectivity index (χ1) is 14.9. The number of furan rings is 1. The second kappa shape index (κ2) is 9.71. The zero-order valence-electron chi connectivity index (χ0n) is 17.5. The van der Waals surface area contributed by atoms with Gasteiger partial charge in [-0.2, -0.15) is 0 Å². The Balaban J connectivity index is 1.66. The molecule has 0 spiro atoms. The minimum absolute atomic E-state index is 0.250. The molecule has 1 aromatic heterocycles. The molecule has 0 bridgehead atoms. The molecule has 3 aromatic rings. The Morgan fingerprint density at radius 1 is 1.10 bits per heavy atom. The standard InChI is InChI=1S/C23H24N2O6/c1-14(19-12-16-5-4-6-18(28-2)23(16)31-19)25-22(27)10-8-15-7-9-17(20(11-15)29-3)30-13-21(24)26/h4-12,14H,13H2,1-3H3,(H2,24,26)(H,25,27)/b10-8+. The van der Waals surface area contributed by atoms with Crippen LogP contribution in [0.2, 0.25) is 0 Å². The number of benzene rings is 2. The number of carbonyl (C=O) groups is 2. The van der Waals surface area contributed by atoms with Crippen molar-refractivity contribution in [2.45, 2.75) is 13.0 Å². The lowest BCUT2D eigenvalue weighted by molar-refractivity contribution is -0.120. The summed E-state index contributed by atoms with van der Waals surface area (Å²) < 4.78 is 21.7. The summed E-state index contributed by atoms with van der Waals surface area (Å²) in [4.78, 5) is 23.2. The molecule has 8 heteroatoms. The number of fused-ring (bicyclic) bond motifs is 1. The lowest BCUT2D eigenvalue weighted by atomic mass is 10.1. The number of ether oxygens (including phenoxy) is 3. The number of nitrogens with two attached hydrogens (primary N) is 1. The number of para-hydroxylation sites is 1. The van der Waals surface area contributed by atoms with Gasteiger partial charge in [-0.05, 0) is 42.8 Å². The van der Waals surface area contributed by atoms with Crippen LogP contribution in [0.5, 0.6) is 17.2 Å². The lowest BCUT2D eigenvalue weighted by Crippen LogP contribution is -2.24. The largest absolute Gasteiger partial charge is 0.493 e. The summed E-state index contributed by atoms with van der Waals surface area (Å²) in [7, 11) is 3.06. The number of carbonyl (C=O) groups excluding carboxylic acids is 2. The molecule has 2 aromatic carbocycles. The van der Waals surface area contributed by atoms with Gasteiger partial charge in [0.05, 0.1) is 20.3 Å². The molecule has 31 heavy (non-hydrogen) atoms. The number of rotatable bonds is 9. The number of methoxy groups -OCH3 is 2. The van der Waals surface area contributed by atoms with E-state index in [1.165, 1.54) is 13.2 Å². The molecule has 1 atom stereocenters. The maximum Gasteiger partial charge on any atom is 0.255 e. The van der Waals surface area contributed by atoms with Crippen molar-refractivity contribution in [1.82, 2.24) is 5.32 Å². The van der Waals surface area contributed by atoms with Gasteiger partial charge in [0.2, 0.25) is 5.91 Å². The molecule has 0 aliphatic rings. The third kappa shape index (κ3) is 5.36. The third-order valence-corrected chi connectivity index (χ3v) is 4.52. The maximum atomic E-state index is 12.4. The van der Waals surface area contributed by atoms with Crippen LogP contribution in [0.15, 0.2) is 53.0 Å². The second-order valence-electron chi connectivity index (χ2n) is 6.76. The van der Waals surface area contributed by atoms with E-state index in [0.29, 0.717) is 28.6 Å². The fourth-order valence-corrected chi connectivity index (χ4v) is 2.99. The summed E-state index contributed by atoms with van der Waals surface area (Å²) >= 11 is 0. The molecule has 0 saturated heterocycles. The van der Waals surface area contributed by atoms with Crippen molar-refractivity contribution in [2.24, 2.45) is 5.73 Å². The van der Waals surface area contributed by atoms with Gasteiger partial charge in [0, 0.05) is 11.5 Å². The average molecular weight is 424 g/mol. The van der Waals surface area contributed by atoms with Gasteiger partial charge in [-0.15, -0.1) is 0 Å². The summed E-state index contributed by atoms with van der Waals surface area (Å²) in [6, 6.07) is 12.2. The first-order valence-corrected chi connectivity index (χ1v) is 9.55. The van der Waals surface area contributed by atoms with E-state index in [9.17, 15) is 9.59 Å². The summed E-state index contributed by atoms with van der Waals surface area (Å²) in [5, 5.41) is 3.77. The quantitative estimate of drug-likeness (QED) is 0.510. The van der Waals surface area contributed by atoms with E-state index < -0.39 is 5.91 Å². The van der Waals surface area contributed by atoms with Crippen molar-refractivity contribution in [3.05, 3.63) is 59.9 Å². The summed E-state index contributed by atoms with van der Waals surface area (Å²) in [5.74, 6) is 1.20. The molecule has 8 nitrogen and oxygen atoms in total. The minimum atomic E-state index is -0.584. The van der Waals surface area contributed by atoms with Gasteiger partial charge in [-0.3, -0.25) is 9.59 Å². The van der Waals surface area contributed by atoms with Gasteiger partial charge in [-0.1, -0.05) is 18.2 Å². The molecule has 0 aliphatic carbocycles. The molecule has 0 radical (unpaired) electrons. The second-order valence-corrected chi connectivity index (χ2v) is 6.76. The summed E-state index contributed by atoms with van der Waals surface area (Å²) in [5.41, 5.74) is 6.45. The fraction of sp³-hybridized carbons (Fsp3) is 0.217. The number of hydrogen-bond acceptors (Lipinski definition) is 6. The topological polar surface area (TPSA) is 113 Å². The van der Waals surface area contributed by atoms with Crippen LogP contribution >= 0.6 is 0 Å². The average Bonchev–Trinajstić information content (AvgIpc) is 3.21. The van der Waals surface area contributed by atoms with Crippen LogP contribution in [0.4, 0.5) is 0 Å². The lowest BCUT2D eigenvalue weighted by Gasteiger charge is -2.10. The molecule has 0 aliphatic heterocycles. The normalized spacial score (nSPS) is 12.0. The summed E-state index contributed by atoms with van der Waals surface area (Å²) in [6.45, 7) is 1.59. The molecule has 1 unspecified atom stereocenters. The van der Waals surface area contributed by atoms with E-state index in [2.05, 4.69) is 5.32 Å². The van der Waals surface area contributed by atoms with Crippen LogP contribution in [-0.2, 0) is 9.59 Å². The van der Waals surface area contributed by atoms with Crippen molar-refractivity contribution in [3.8, 4) is 17.2 Å². The predicted octanol–water partition coefficient (Wildman–Crippen LogP) is 3.20. The van der Waals surface area contributed by atoms with Crippen LogP contribution < -0.4 is 25.3 Å².